The zero-order valence-electron chi connectivity index (χ0n) is 23.1. The number of carbonyl (C=O) groups excluding carboxylic acids is 1. The zero-order valence-corrected chi connectivity index (χ0v) is 28.6. The number of fused-ring (bicyclic) bond motifs is 1. The number of ether oxygens (including phenoxy) is 3. The highest BCUT2D eigenvalue weighted by molar-refractivity contribution is 9.11. The van der Waals surface area contributed by atoms with Crippen molar-refractivity contribution in [3.05, 3.63) is 121 Å². The van der Waals surface area contributed by atoms with Crippen molar-refractivity contribution >= 4 is 78.4 Å². The number of carbonyl (C=O) groups is 1. The van der Waals surface area contributed by atoms with Gasteiger partial charge in [-0.15, -0.1) is 0 Å². The molecule has 0 bridgehead atoms. The molecule has 1 aromatic heterocycles. The molecule has 0 fully saturated rings. The Morgan fingerprint density at radius 3 is 2.42 bits per heavy atom. The van der Waals surface area contributed by atoms with E-state index in [0.29, 0.717) is 51.1 Å². The SMILES string of the molecule is CCOC(=O)C1=C(C)N=c2s/c(=C\c3cc(Br)c(OCc4ccc(Cl)cc4Cl)c(Br)c3)c(=O)n2[C@H]1c1ccc(OC)cc1. The van der Waals surface area contributed by atoms with Gasteiger partial charge in [0, 0.05) is 15.6 Å². The molecule has 2 heterocycles. The van der Waals surface area contributed by atoms with Crippen molar-refractivity contribution in [2.45, 2.75) is 26.5 Å². The molecular weight excluding hydrogens is 743 g/mol. The lowest BCUT2D eigenvalue weighted by Gasteiger charge is -2.24. The van der Waals surface area contributed by atoms with Crippen molar-refractivity contribution in [2.75, 3.05) is 13.7 Å². The minimum absolute atomic E-state index is 0.200. The van der Waals surface area contributed by atoms with E-state index in [4.69, 9.17) is 37.4 Å². The number of allylic oxidation sites excluding steroid dienone is 1. The number of esters is 1. The highest BCUT2D eigenvalue weighted by Gasteiger charge is 2.33. The van der Waals surface area contributed by atoms with Crippen LogP contribution in [0.3, 0.4) is 0 Å². The molecule has 12 heteroatoms. The van der Waals surface area contributed by atoms with Crippen LogP contribution in [0.15, 0.2) is 84.6 Å². The van der Waals surface area contributed by atoms with Gasteiger partial charge in [0.1, 0.15) is 18.1 Å². The number of hydrogen-bond acceptors (Lipinski definition) is 7. The fourth-order valence-corrected chi connectivity index (χ4v) is 7.59. The summed E-state index contributed by atoms with van der Waals surface area (Å²) in [7, 11) is 1.58. The third kappa shape index (κ3) is 6.63. The predicted octanol–water partition coefficient (Wildman–Crippen LogP) is 7.22. The van der Waals surface area contributed by atoms with Crippen LogP contribution in [0, 0.1) is 0 Å². The average Bonchev–Trinajstić information content (AvgIpc) is 3.26. The smallest absolute Gasteiger partial charge is 0.338 e. The summed E-state index contributed by atoms with van der Waals surface area (Å²) in [5.41, 5.74) is 2.82. The van der Waals surface area contributed by atoms with Gasteiger partial charge < -0.3 is 14.2 Å². The summed E-state index contributed by atoms with van der Waals surface area (Å²) >= 11 is 20.7. The van der Waals surface area contributed by atoms with Crippen molar-refractivity contribution in [2.24, 2.45) is 4.99 Å². The summed E-state index contributed by atoms with van der Waals surface area (Å²) in [6, 6.07) is 15.5. The number of halogens is 4. The van der Waals surface area contributed by atoms with E-state index in [1.54, 1.807) is 55.9 Å². The lowest BCUT2D eigenvalue weighted by Crippen LogP contribution is -2.39. The standard InChI is InChI=1S/C31H24Br2Cl2N2O5S/c1-4-41-30(39)26-16(2)36-31-37(27(26)18-6-9-21(40-3)10-7-18)29(38)25(43-31)13-17-11-22(32)28(23(33)12-17)42-15-19-5-8-20(34)14-24(19)35/h5-14,27H,4,15H2,1-3H3/b25-13-/t27-/m0/s1. The van der Waals surface area contributed by atoms with E-state index in [2.05, 4.69) is 36.9 Å². The lowest BCUT2D eigenvalue weighted by atomic mass is 9.96. The minimum atomic E-state index is -0.711. The number of nitrogens with zero attached hydrogens (tertiary/aromatic N) is 2. The Hall–Kier alpha value is -2.89. The van der Waals surface area contributed by atoms with Crippen LogP contribution in [0.2, 0.25) is 10.0 Å². The van der Waals surface area contributed by atoms with Gasteiger partial charge in [-0.05, 0) is 99.3 Å². The molecule has 3 aromatic carbocycles. The van der Waals surface area contributed by atoms with E-state index in [9.17, 15) is 9.59 Å². The number of hydrogen-bond donors (Lipinski definition) is 0. The van der Waals surface area contributed by atoms with Crippen LogP contribution in [-0.2, 0) is 16.1 Å². The second-order valence-corrected chi connectivity index (χ2v) is 13.0. The maximum atomic E-state index is 13.9. The molecule has 0 N–H and O–H groups in total. The number of methoxy groups -OCH3 is 1. The molecule has 0 amide bonds. The molecule has 0 saturated heterocycles. The van der Waals surface area contributed by atoms with Gasteiger partial charge in [-0.3, -0.25) is 9.36 Å². The van der Waals surface area contributed by atoms with Crippen LogP contribution in [0.1, 0.15) is 36.6 Å². The van der Waals surface area contributed by atoms with Crippen molar-refractivity contribution in [1.29, 1.82) is 0 Å². The summed E-state index contributed by atoms with van der Waals surface area (Å²) in [6.07, 6.45) is 1.79. The van der Waals surface area contributed by atoms with Gasteiger partial charge in [0.05, 0.1) is 44.5 Å². The fraction of sp³-hybridized carbons (Fsp3) is 0.194. The van der Waals surface area contributed by atoms with Crippen LogP contribution >= 0.6 is 66.4 Å². The second kappa shape index (κ2) is 13.4. The molecule has 0 spiro atoms. The molecule has 0 radical (unpaired) electrons. The zero-order chi connectivity index (χ0) is 30.8. The topological polar surface area (TPSA) is 79.1 Å². The van der Waals surface area contributed by atoms with Gasteiger partial charge in [0.2, 0.25) is 0 Å². The second-order valence-electron chi connectivity index (χ2n) is 9.41. The molecule has 5 rings (SSSR count). The minimum Gasteiger partial charge on any atom is -0.497 e. The highest BCUT2D eigenvalue weighted by atomic mass is 79.9. The first kappa shape index (κ1) is 31.5. The van der Waals surface area contributed by atoms with Crippen molar-refractivity contribution in [3.63, 3.8) is 0 Å². The first-order valence-corrected chi connectivity index (χ1v) is 16.2. The lowest BCUT2D eigenvalue weighted by molar-refractivity contribution is -0.139. The van der Waals surface area contributed by atoms with Gasteiger partial charge in [0.25, 0.3) is 5.56 Å². The van der Waals surface area contributed by atoms with Crippen LogP contribution < -0.4 is 24.4 Å². The largest absolute Gasteiger partial charge is 0.497 e. The summed E-state index contributed by atoms with van der Waals surface area (Å²) in [6.45, 7) is 3.93. The van der Waals surface area contributed by atoms with Gasteiger partial charge in [-0.25, -0.2) is 9.79 Å². The monoisotopic (exact) mass is 764 g/mol. The maximum absolute atomic E-state index is 13.9. The molecule has 1 aliphatic heterocycles. The van der Waals surface area contributed by atoms with E-state index in [0.717, 1.165) is 16.7 Å². The molecule has 0 unspecified atom stereocenters. The van der Waals surface area contributed by atoms with Crippen LogP contribution in [0.5, 0.6) is 11.5 Å². The molecule has 4 aromatic rings. The van der Waals surface area contributed by atoms with Gasteiger partial charge >= 0.3 is 5.97 Å². The van der Waals surface area contributed by atoms with Crippen LogP contribution in [0.25, 0.3) is 6.08 Å². The average molecular weight is 767 g/mol. The van der Waals surface area contributed by atoms with Gasteiger partial charge in [0.15, 0.2) is 4.80 Å². The van der Waals surface area contributed by atoms with Gasteiger partial charge in [-0.1, -0.05) is 52.7 Å². The Morgan fingerprint density at radius 2 is 1.79 bits per heavy atom. The summed E-state index contributed by atoms with van der Waals surface area (Å²) < 4.78 is 20.1. The van der Waals surface area contributed by atoms with Crippen molar-refractivity contribution < 1.29 is 19.0 Å². The Kier molecular flexibility index (Phi) is 9.83. The number of aromatic nitrogens is 1. The third-order valence-electron chi connectivity index (χ3n) is 6.65. The quantitative estimate of drug-likeness (QED) is 0.177. The Morgan fingerprint density at radius 1 is 1.09 bits per heavy atom. The van der Waals surface area contributed by atoms with Crippen LogP contribution in [-0.4, -0.2) is 24.3 Å². The summed E-state index contributed by atoms with van der Waals surface area (Å²) in [4.78, 5) is 32.1. The van der Waals surface area contributed by atoms with E-state index in [1.165, 1.54) is 11.3 Å². The molecule has 222 valence electrons. The molecular formula is C31H24Br2Cl2N2O5S. The Labute approximate surface area is 278 Å². The molecule has 1 atom stereocenters. The number of benzene rings is 3. The molecule has 0 saturated carbocycles. The number of rotatable bonds is 8. The summed E-state index contributed by atoms with van der Waals surface area (Å²) in [5, 5.41) is 1.06. The third-order valence-corrected chi connectivity index (χ3v) is 9.40. The van der Waals surface area contributed by atoms with Crippen LogP contribution in [0.4, 0.5) is 0 Å². The maximum Gasteiger partial charge on any atom is 0.338 e. The molecule has 1 aliphatic rings. The summed E-state index contributed by atoms with van der Waals surface area (Å²) in [5.74, 6) is 0.732. The number of thiazole rings is 1. The molecule has 43 heavy (non-hydrogen) atoms. The highest BCUT2D eigenvalue weighted by Crippen LogP contribution is 2.36. The Bertz CT molecular complexity index is 1910. The van der Waals surface area contributed by atoms with Gasteiger partial charge in [-0.2, -0.15) is 0 Å². The van der Waals surface area contributed by atoms with Crippen molar-refractivity contribution in [3.8, 4) is 11.5 Å². The van der Waals surface area contributed by atoms with E-state index >= 15 is 0 Å². The predicted molar refractivity (Wildman–Crippen MR) is 176 cm³/mol. The van der Waals surface area contributed by atoms with E-state index in [1.807, 2.05) is 30.3 Å². The van der Waals surface area contributed by atoms with E-state index in [-0.39, 0.29) is 18.8 Å². The van der Waals surface area contributed by atoms with Crippen molar-refractivity contribution in [1.82, 2.24) is 4.57 Å². The first-order valence-electron chi connectivity index (χ1n) is 13.0. The first-order chi connectivity index (χ1) is 20.6. The molecule has 0 aliphatic carbocycles. The normalized spacial score (nSPS) is 14.8. The Balaban J connectivity index is 1.54. The fourth-order valence-electron chi connectivity index (χ4n) is 4.63. The molecule has 7 nitrogen and oxygen atoms in total. The van der Waals surface area contributed by atoms with E-state index < -0.39 is 12.0 Å².